The van der Waals surface area contributed by atoms with Crippen LogP contribution in [0.5, 0.6) is 0 Å². The van der Waals surface area contributed by atoms with E-state index in [1.807, 2.05) is 84.9 Å². The molecule has 0 N–H and O–H groups in total. The van der Waals surface area contributed by atoms with Gasteiger partial charge in [0.2, 0.25) is 5.95 Å². The maximum absolute atomic E-state index is 6.97. The number of aromatic nitrogens is 6. The number of benzene rings is 7. The van der Waals surface area contributed by atoms with E-state index < -0.39 is 0 Å². The first-order chi connectivity index (χ1) is 26.3. The van der Waals surface area contributed by atoms with Crippen molar-refractivity contribution in [3.63, 3.8) is 0 Å². The minimum Gasteiger partial charge on any atom is -0.454 e. The molecule has 7 aromatic carbocycles. The Kier molecular flexibility index (Phi) is 6.42. The van der Waals surface area contributed by atoms with E-state index in [0.717, 1.165) is 83.0 Å². The molecule has 0 aliphatic heterocycles. The molecular weight excluding hydrogens is 653 g/mol. The van der Waals surface area contributed by atoms with Gasteiger partial charge in [-0.15, -0.1) is 0 Å². The van der Waals surface area contributed by atoms with Crippen molar-refractivity contribution in [2.75, 3.05) is 0 Å². The molecule has 248 valence electrons. The molecule has 7 heteroatoms. The minimum absolute atomic E-state index is 0.520. The monoisotopic (exact) mass is 680 g/mol. The Hall–Kier alpha value is -7.38. The highest BCUT2D eigenvalue weighted by molar-refractivity contribution is 6.22. The van der Waals surface area contributed by atoms with Crippen LogP contribution in [0.25, 0.3) is 101 Å². The molecule has 0 fully saturated rings. The Bertz CT molecular complexity index is 3090. The van der Waals surface area contributed by atoms with Gasteiger partial charge in [0, 0.05) is 50.0 Å². The van der Waals surface area contributed by atoms with E-state index in [9.17, 15) is 0 Å². The van der Waals surface area contributed by atoms with Crippen LogP contribution in [0.15, 0.2) is 174 Å². The van der Waals surface area contributed by atoms with E-state index in [0.29, 0.717) is 17.6 Å². The molecule has 11 aromatic rings. The van der Waals surface area contributed by atoms with Gasteiger partial charge in [-0.1, -0.05) is 133 Å². The van der Waals surface area contributed by atoms with Crippen LogP contribution in [0, 0.1) is 0 Å². The Morgan fingerprint density at radius 3 is 1.68 bits per heavy atom. The fourth-order valence-corrected chi connectivity index (χ4v) is 7.58. The van der Waals surface area contributed by atoms with E-state index >= 15 is 0 Å². The van der Waals surface area contributed by atoms with Crippen LogP contribution >= 0.6 is 0 Å². The van der Waals surface area contributed by atoms with Gasteiger partial charge in [0.1, 0.15) is 16.9 Å². The first-order valence-corrected chi connectivity index (χ1v) is 17.6. The number of nitrogens with zero attached hydrogens (tertiary/aromatic N) is 6. The van der Waals surface area contributed by atoms with Crippen molar-refractivity contribution >= 4 is 54.8 Å². The van der Waals surface area contributed by atoms with E-state index in [1.54, 1.807) is 0 Å². The number of hydrogen-bond donors (Lipinski definition) is 0. The molecule has 4 aromatic heterocycles. The second-order valence-electron chi connectivity index (χ2n) is 13.1. The first kappa shape index (κ1) is 29.4. The lowest BCUT2D eigenvalue weighted by Gasteiger charge is -2.11. The van der Waals surface area contributed by atoms with Gasteiger partial charge in [-0.25, -0.2) is 9.97 Å². The molecule has 0 radical (unpaired) electrons. The molecule has 0 saturated carbocycles. The third-order valence-corrected chi connectivity index (χ3v) is 9.98. The number of para-hydroxylation sites is 2. The number of imidazole rings is 1. The number of fused-ring (bicyclic) bond motifs is 8. The van der Waals surface area contributed by atoms with Crippen LogP contribution in [0.3, 0.4) is 0 Å². The van der Waals surface area contributed by atoms with Crippen LogP contribution in [0.2, 0.25) is 0 Å². The summed E-state index contributed by atoms with van der Waals surface area (Å²) in [5.41, 5.74) is 9.18. The molecular formula is C46H28N6O. The quantitative estimate of drug-likeness (QED) is 0.181. The predicted octanol–water partition coefficient (Wildman–Crippen LogP) is 11.2. The number of rotatable bonds is 5. The second kappa shape index (κ2) is 11.6. The molecule has 0 saturated heterocycles. The number of furan rings is 1. The van der Waals surface area contributed by atoms with Crippen molar-refractivity contribution in [1.29, 1.82) is 0 Å². The lowest BCUT2D eigenvalue weighted by Crippen LogP contribution is -2.06. The van der Waals surface area contributed by atoms with Crippen LogP contribution in [-0.2, 0) is 0 Å². The minimum atomic E-state index is 0.520. The van der Waals surface area contributed by atoms with Crippen molar-refractivity contribution < 1.29 is 4.42 Å². The molecule has 0 aliphatic carbocycles. The van der Waals surface area contributed by atoms with E-state index in [2.05, 4.69) is 94.1 Å². The van der Waals surface area contributed by atoms with E-state index in [1.165, 1.54) is 0 Å². The Morgan fingerprint density at radius 2 is 1.00 bits per heavy atom. The van der Waals surface area contributed by atoms with Crippen LogP contribution in [0.4, 0.5) is 0 Å². The van der Waals surface area contributed by atoms with Crippen molar-refractivity contribution in [2.24, 2.45) is 0 Å². The van der Waals surface area contributed by atoms with E-state index in [4.69, 9.17) is 24.4 Å². The maximum Gasteiger partial charge on any atom is 0.238 e. The summed E-state index contributed by atoms with van der Waals surface area (Å²) in [6.45, 7) is 0. The average molecular weight is 681 g/mol. The Morgan fingerprint density at radius 1 is 0.415 bits per heavy atom. The molecule has 0 aliphatic rings. The summed E-state index contributed by atoms with van der Waals surface area (Å²) < 4.78 is 11.3. The van der Waals surface area contributed by atoms with Crippen molar-refractivity contribution in [3.05, 3.63) is 170 Å². The van der Waals surface area contributed by atoms with Gasteiger partial charge in [-0.3, -0.25) is 9.13 Å². The van der Waals surface area contributed by atoms with Crippen LogP contribution in [-0.4, -0.2) is 29.1 Å². The van der Waals surface area contributed by atoms with Gasteiger partial charge in [0.05, 0.1) is 16.6 Å². The molecule has 0 bridgehead atoms. The highest BCUT2D eigenvalue weighted by atomic mass is 16.3. The van der Waals surface area contributed by atoms with E-state index in [-0.39, 0.29) is 0 Å². The lowest BCUT2D eigenvalue weighted by atomic mass is 10.1. The fraction of sp³-hybridized carbons (Fsp3) is 0. The standard InChI is InChI=1S/C46H28N6O/c1-5-15-29(16-6-1)43-48-44(30-17-7-2-8-18-30)50-46(49-43)52-38-24-14-13-23-33(38)34-25-26-35-36-27-37-39(28-40(36)53-42(35)41(34)52)51(32-21-11-4-12-22-32)45(47-37)31-19-9-3-10-20-31/h1-28H. The number of hydrogen-bond acceptors (Lipinski definition) is 5. The summed E-state index contributed by atoms with van der Waals surface area (Å²) in [5, 5.41) is 4.13. The van der Waals surface area contributed by atoms with Crippen LogP contribution < -0.4 is 0 Å². The SMILES string of the molecule is c1ccc(-c2nc(-c3ccccc3)nc(-n3c4ccccc4c4ccc5c6cc7nc(-c8ccccc8)n(-c8ccccc8)c7cc6oc5c43)n2)cc1. The van der Waals surface area contributed by atoms with Gasteiger partial charge in [0.15, 0.2) is 17.2 Å². The zero-order valence-corrected chi connectivity index (χ0v) is 28.3. The highest BCUT2D eigenvalue weighted by Crippen LogP contribution is 2.42. The fourth-order valence-electron chi connectivity index (χ4n) is 7.58. The van der Waals surface area contributed by atoms with Gasteiger partial charge in [-0.05, 0) is 30.3 Å². The van der Waals surface area contributed by atoms with Crippen molar-refractivity contribution in [1.82, 2.24) is 29.1 Å². The molecule has 0 atom stereocenters. The van der Waals surface area contributed by atoms with Gasteiger partial charge in [0.25, 0.3) is 0 Å². The molecule has 0 unspecified atom stereocenters. The largest absolute Gasteiger partial charge is 0.454 e. The summed E-state index contributed by atoms with van der Waals surface area (Å²) >= 11 is 0. The molecule has 4 heterocycles. The Labute approximate surface area is 303 Å². The molecule has 0 spiro atoms. The summed E-state index contributed by atoms with van der Waals surface area (Å²) in [6.07, 6.45) is 0. The third-order valence-electron chi connectivity index (χ3n) is 9.98. The second-order valence-corrected chi connectivity index (χ2v) is 13.1. The molecule has 7 nitrogen and oxygen atoms in total. The summed E-state index contributed by atoms with van der Waals surface area (Å²) in [6, 6.07) is 57.8. The summed E-state index contributed by atoms with van der Waals surface area (Å²) in [5.74, 6) is 2.60. The molecule has 0 amide bonds. The zero-order chi connectivity index (χ0) is 34.9. The van der Waals surface area contributed by atoms with Crippen LogP contribution in [0.1, 0.15) is 0 Å². The zero-order valence-electron chi connectivity index (χ0n) is 28.3. The lowest BCUT2D eigenvalue weighted by molar-refractivity contribution is 0.671. The Balaban J connectivity index is 1.21. The van der Waals surface area contributed by atoms with Gasteiger partial charge < -0.3 is 4.42 Å². The predicted molar refractivity (Wildman–Crippen MR) is 212 cm³/mol. The summed E-state index contributed by atoms with van der Waals surface area (Å²) in [7, 11) is 0. The van der Waals surface area contributed by atoms with Crippen molar-refractivity contribution in [3.8, 4) is 45.8 Å². The first-order valence-electron chi connectivity index (χ1n) is 17.6. The smallest absolute Gasteiger partial charge is 0.238 e. The van der Waals surface area contributed by atoms with Crippen molar-refractivity contribution in [2.45, 2.75) is 0 Å². The maximum atomic E-state index is 6.97. The van der Waals surface area contributed by atoms with Gasteiger partial charge >= 0.3 is 0 Å². The molecule has 53 heavy (non-hydrogen) atoms. The average Bonchev–Trinajstić information content (AvgIpc) is 3.90. The normalized spacial score (nSPS) is 11.8. The molecule has 11 rings (SSSR count). The highest BCUT2D eigenvalue weighted by Gasteiger charge is 2.23. The summed E-state index contributed by atoms with van der Waals surface area (Å²) in [4.78, 5) is 20.5. The topological polar surface area (TPSA) is 74.6 Å². The van der Waals surface area contributed by atoms with Gasteiger partial charge in [-0.2, -0.15) is 9.97 Å². The third kappa shape index (κ3) is 4.61.